The summed E-state index contributed by atoms with van der Waals surface area (Å²) in [5.74, 6) is -0.294. The van der Waals surface area contributed by atoms with Crippen LogP contribution in [-0.4, -0.2) is 15.7 Å². The van der Waals surface area contributed by atoms with Crippen LogP contribution >= 0.6 is 11.6 Å². The van der Waals surface area contributed by atoms with Crippen molar-refractivity contribution in [2.45, 2.75) is 45.6 Å². The van der Waals surface area contributed by atoms with E-state index in [0.29, 0.717) is 10.7 Å². The lowest BCUT2D eigenvalue weighted by Crippen LogP contribution is -2.37. The van der Waals surface area contributed by atoms with Crippen LogP contribution in [0.25, 0.3) is 11.3 Å². The maximum absolute atomic E-state index is 13.2. The molecule has 154 valence electrons. The number of carbonyl (C=O) groups excluding carboxylic acids is 1. The largest absolute Gasteiger partial charge is 0.324 e. The molecule has 0 bridgehead atoms. The number of benzene rings is 2. The minimum atomic E-state index is -0.746. The van der Waals surface area contributed by atoms with Gasteiger partial charge in [0.15, 0.2) is 0 Å². The Labute approximate surface area is 180 Å². The number of rotatable bonds is 4. The Bertz CT molecular complexity index is 1130. The number of hydrogen-bond acceptors (Lipinski definition) is 3. The van der Waals surface area contributed by atoms with Gasteiger partial charge in [0.05, 0.1) is 5.69 Å². The first kappa shape index (κ1) is 20.4. The van der Waals surface area contributed by atoms with E-state index in [0.717, 1.165) is 53.6 Å². The maximum Gasteiger partial charge on any atom is 0.271 e. The number of nitrogens with one attached hydrogen (secondary N) is 1. The molecule has 4 rings (SSSR count). The zero-order valence-electron chi connectivity index (χ0n) is 17.1. The second kappa shape index (κ2) is 8.44. The Hall–Kier alpha value is -2.92. The van der Waals surface area contributed by atoms with Gasteiger partial charge in [0.1, 0.15) is 6.04 Å². The number of halogens is 1. The van der Waals surface area contributed by atoms with Crippen LogP contribution in [0.3, 0.4) is 0 Å². The smallest absolute Gasteiger partial charge is 0.271 e. The quantitative estimate of drug-likeness (QED) is 0.648. The van der Waals surface area contributed by atoms with Gasteiger partial charge >= 0.3 is 0 Å². The fraction of sp³-hybridized carbons (Fsp3) is 0.292. The molecule has 5 nitrogen and oxygen atoms in total. The number of anilines is 1. The van der Waals surface area contributed by atoms with Gasteiger partial charge in [-0.2, -0.15) is 5.10 Å². The predicted octanol–water partition coefficient (Wildman–Crippen LogP) is 4.95. The molecule has 0 spiro atoms. The average Bonchev–Trinajstić information content (AvgIpc) is 2.76. The normalized spacial score (nSPS) is 14.1. The molecular weight excluding hydrogens is 398 g/mol. The number of carbonyl (C=O) groups is 1. The number of amides is 1. The van der Waals surface area contributed by atoms with Gasteiger partial charge < -0.3 is 5.32 Å². The van der Waals surface area contributed by atoms with Crippen molar-refractivity contribution in [3.63, 3.8) is 0 Å². The molecule has 0 aliphatic heterocycles. The Morgan fingerprint density at radius 1 is 1.03 bits per heavy atom. The van der Waals surface area contributed by atoms with Crippen LogP contribution in [-0.2, 0) is 17.6 Å². The first-order valence-electron chi connectivity index (χ1n) is 10.2. The highest BCUT2D eigenvalue weighted by molar-refractivity contribution is 6.30. The monoisotopic (exact) mass is 421 g/mol. The van der Waals surface area contributed by atoms with Crippen molar-refractivity contribution < 1.29 is 4.79 Å². The van der Waals surface area contributed by atoms with Crippen molar-refractivity contribution in [2.75, 3.05) is 5.32 Å². The van der Waals surface area contributed by atoms with Gasteiger partial charge in [-0.15, -0.1) is 0 Å². The van der Waals surface area contributed by atoms with Crippen LogP contribution in [0.2, 0.25) is 5.02 Å². The van der Waals surface area contributed by atoms with Crippen molar-refractivity contribution in [1.82, 2.24) is 9.78 Å². The van der Waals surface area contributed by atoms with Crippen molar-refractivity contribution in [3.05, 3.63) is 80.6 Å². The van der Waals surface area contributed by atoms with Gasteiger partial charge in [-0.05, 0) is 69.4 Å². The Balaban J connectivity index is 1.74. The average molecular weight is 422 g/mol. The summed E-state index contributed by atoms with van der Waals surface area (Å²) in [6, 6.07) is 14.3. The van der Waals surface area contributed by atoms with Crippen molar-refractivity contribution in [3.8, 4) is 11.3 Å². The van der Waals surface area contributed by atoms with E-state index in [1.54, 1.807) is 31.2 Å². The van der Waals surface area contributed by atoms with Crippen molar-refractivity contribution in [1.29, 1.82) is 0 Å². The number of aryl methyl sites for hydroxylation is 1. The molecule has 1 atom stereocenters. The Morgan fingerprint density at radius 2 is 1.67 bits per heavy atom. The minimum Gasteiger partial charge on any atom is -0.324 e. The molecule has 1 N–H and O–H groups in total. The zero-order chi connectivity index (χ0) is 21.3. The maximum atomic E-state index is 13.2. The summed E-state index contributed by atoms with van der Waals surface area (Å²) in [7, 11) is 0. The number of nitrogens with zero attached hydrogens (tertiary/aromatic N) is 2. The van der Waals surface area contributed by atoms with Gasteiger partial charge in [0.2, 0.25) is 5.91 Å². The summed E-state index contributed by atoms with van der Waals surface area (Å²) in [6.07, 6.45) is 3.59. The third kappa shape index (κ3) is 4.03. The van der Waals surface area contributed by atoms with Crippen molar-refractivity contribution >= 4 is 23.2 Å². The second-order valence-corrected chi connectivity index (χ2v) is 8.24. The minimum absolute atomic E-state index is 0.167. The Morgan fingerprint density at radius 3 is 2.33 bits per heavy atom. The first-order chi connectivity index (χ1) is 14.4. The van der Waals surface area contributed by atoms with E-state index >= 15 is 0 Å². The van der Waals surface area contributed by atoms with E-state index in [2.05, 4.69) is 10.4 Å². The van der Waals surface area contributed by atoms with Crippen LogP contribution in [0.1, 0.15) is 42.5 Å². The van der Waals surface area contributed by atoms with Gasteiger partial charge in [-0.25, -0.2) is 4.68 Å². The summed E-state index contributed by atoms with van der Waals surface area (Å²) >= 11 is 5.91. The van der Waals surface area contributed by atoms with Crippen molar-refractivity contribution in [2.24, 2.45) is 0 Å². The lowest BCUT2D eigenvalue weighted by atomic mass is 9.89. The lowest BCUT2D eigenvalue weighted by molar-refractivity contribution is -0.119. The number of fused-ring (bicyclic) bond motifs is 1. The SMILES string of the molecule is Cc1ccc(-c2nn([C@H](C)C(=O)Nc3ccc(Cl)cc3)c(=O)c3c2CCCC3)cc1. The highest BCUT2D eigenvalue weighted by Gasteiger charge is 2.25. The molecule has 0 radical (unpaired) electrons. The predicted molar refractivity (Wildman–Crippen MR) is 120 cm³/mol. The molecule has 30 heavy (non-hydrogen) atoms. The molecule has 1 amide bonds. The summed E-state index contributed by atoms with van der Waals surface area (Å²) in [6.45, 7) is 3.74. The number of aromatic nitrogens is 2. The van der Waals surface area contributed by atoms with E-state index in [4.69, 9.17) is 11.6 Å². The fourth-order valence-electron chi connectivity index (χ4n) is 3.85. The molecule has 1 aliphatic carbocycles. The molecule has 2 aromatic carbocycles. The second-order valence-electron chi connectivity index (χ2n) is 7.80. The van der Waals surface area contributed by atoms with Crippen LogP contribution in [0.15, 0.2) is 53.3 Å². The zero-order valence-corrected chi connectivity index (χ0v) is 17.9. The van der Waals surface area contributed by atoms with E-state index in [9.17, 15) is 9.59 Å². The van der Waals surface area contributed by atoms with Crippen LogP contribution in [0.4, 0.5) is 5.69 Å². The summed E-state index contributed by atoms with van der Waals surface area (Å²) in [5.41, 5.74) is 5.21. The van der Waals surface area contributed by atoms with Crippen LogP contribution in [0, 0.1) is 6.92 Å². The topological polar surface area (TPSA) is 64.0 Å². The fourth-order valence-corrected chi connectivity index (χ4v) is 3.98. The molecular formula is C24H24ClN3O2. The van der Waals surface area contributed by atoms with E-state index in [1.807, 2.05) is 31.2 Å². The molecule has 1 aromatic heterocycles. The number of hydrogen-bond donors (Lipinski definition) is 1. The third-order valence-electron chi connectivity index (χ3n) is 5.61. The van der Waals surface area contributed by atoms with Gasteiger partial charge in [-0.1, -0.05) is 41.4 Å². The Kier molecular flexibility index (Phi) is 5.73. The summed E-state index contributed by atoms with van der Waals surface area (Å²) in [5, 5.41) is 8.12. The molecule has 0 saturated heterocycles. The van der Waals surface area contributed by atoms with E-state index in [1.165, 1.54) is 4.68 Å². The highest BCUT2D eigenvalue weighted by Crippen LogP contribution is 2.29. The molecule has 3 aromatic rings. The van der Waals surface area contributed by atoms with Gasteiger partial charge in [0, 0.05) is 21.8 Å². The van der Waals surface area contributed by atoms with Crippen LogP contribution in [0.5, 0.6) is 0 Å². The standard InChI is InChI=1S/C24H24ClN3O2/c1-15-7-9-17(10-8-15)22-20-5-3-4-6-21(20)24(30)28(27-22)16(2)23(29)26-19-13-11-18(25)12-14-19/h7-14,16H,3-6H2,1-2H3,(H,26,29)/t16-/m1/s1. The lowest BCUT2D eigenvalue weighted by Gasteiger charge is -2.22. The molecule has 0 fully saturated rings. The molecule has 1 heterocycles. The first-order valence-corrected chi connectivity index (χ1v) is 10.6. The highest BCUT2D eigenvalue weighted by atomic mass is 35.5. The van der Waals surface area contributed by atoms with E-state index in [-0.39, 0.29) is 11.5 Å². The molecule has 6 heteroatoms. The molecule has 1 aliphatic rings. The summed E-state index contributed by atoms with van der Waals surface area (Å²) < 4.78 is 1.34. The summed E-state index contributed by atoms with van der Waals surface area (Å²) in [4.78, 5) is 26.1. The van der Waals surface area contributed by atoms with E-state index < -0.39 is 6.04 Å². The van der Waals surface area contributed by atoms with Gasteiger partial charge in [0.25, 0.3) is 5.56 Å². The van der Waals surface area contributed by atoms with Gasteiger partial charge in [-0.3, -0.25) is 9.59 Å². The molecule has 0 unspecified atom stereocenters. The third-order valence-corrected chi connectivity index (χ3v) is 5.86. The van der Waals surface area contributed by atoms with Crippen LogP contribution < -0.4 is 10.9 Å². The molecule has 0 saturated carbocycles.